The zero-order valence-corrected chi connectivity index (χ0v) is 33.9. The van der Waals surface area contributed by atoms with E-state index in [0.29, 0.717) is 0 Å². The van der Waals surface area contributed by atoms with E-state index in [1.54, 1.807) is 0 Å². The number of anilines is 3. The van der Waals surface area contributed by atoms with Gasteiger partial charge in [-0.3, -0.25) is 0 Å². The Morgan fingerprint density at radius 2 is 0.871 bits per heavy atom. The molecule has 0 aliphatic carbocycles. The lowest BCUT2D eigenvalue weighted by Gasteiger charge is -2.29. The van der Waals surface area contributed by atoms with Gasteiger partial charge in [0.2, 0.25) is 0 Å². The number of furan rings is 1. The van der Waals surface area contributed by atoms with Gasteiger partial charge in [-0.05, 0) is 114 Å². The Kier molecular flexibility index (Phi) is 8.53. The van der Waals surface area contributed by atoms with Crippen molar-refractivity contribution in [2.75, 3.05) is 4.90 Å². The van der Waals surface area contributed by atoms with Crippen LogP contribution in [0.5, 0.6) is 0 Å². The van der Waals surface area contributed by atoms with Crippen molar-refractivity contribution in [1.82, 2.24) is 0 Å². The molecule has 0 saturated heterocycles. The molecule has 2 nitrogen and oxygen atoms in total. The molecule has 0 spiro atoms. The lowest BCUT2D eigenvalue weighted by molar-refractivity contribution is 0.670. The normalized spacial score (nSPS) is 11.5. The van der Waals surface area contributed by atoms with E-state index >= 15 is 0 Å². The van der Waals surface area contributed by atoms with E-state index in [9.17, 15) is 0 Å². The fraction of sp³-hybridized carbons (Fsp3) is 0. The van der Waals surface area contributed by atoms with Gasteiger partial charge in [0, 0.05) is 22.2 Å². The molecular formula is C60H39NO. The molecule has 0 aliphatic rings. The molecule has 0 saturated carbocycles. The van der Waals surface area contributed by atoms with Gasteiger partial charge in [-0.25, -0.2) is 0 Å². The van der Waals surface area contributed by atoms with Crippen LogP contribution in [-0.2, 0) is 0 Å². The summed E-state index contributed by atoms with van der Waals surface area (Å²) in [5.41, 5.74) is 14.1. The number of rotatable bonds is 7. The maximum Gasteiger partial charge on any atom is 0.145 e. The van der Waals surface area contributed by atoms with E-state index in [2.05, 4.69) is 241 Å². The summed E-state index contributed by atoms with van der Waals surface area (Å²) in [5, 5.41) is 9.46. The van der Waals surface area contributed by atoms with Gasteiger partial charge < -0.3 is 9.32 Å². The van der Waals surface area contributed by atoms with E-state index in [0.717, 1.165) is 66.8 Å². The zero-order valence-electron chi connectivity index (χ0n) is 33.9. The Morgan fingerprint density at radius 1 is 0.290 bits per heavy atom. The lowest BCUT2D eigenvalue weighted by Crippen LogP contribution is -2.12. The fourth-order valence-electron chi connectivity index (χ4n) is 9.58. The molecule has 62 heavy (non-hydrogen) atoms. The third kappa shape index (κ3) is 5.96. The molecule has 12 aromatic rings. The van der Waals surface area contributed by atoms with E-state index in [1.165, 1.54) is 49.0 Å². The first-order valence-electron chi connectivity index (χ1n) is 21.3. The second-order valence-corrected chi connectivity index (χ2v) is 16.0. The Bertz CT molecular complexity index is 3650. The van der Waals surface area contributed by atoms with E-state index in [4.69, 9.17) is 4.42 Å². The minimum Gasteiger partial charge on any atom is -0.455 e. The predicted octanol–water partition coefficient (Wildman–Crippen LogP) is 17.2. The SMILES string of the molecule is c1ccc(-c2cccc(-c3cccc(N(c4ccccc4-c4cc5ccccc5c5ccccc45)c4ccc(-c5cccc6ccccc56)c5oc6ccccc6c45)c3)c2)cc1. The van der Waals surface area contributed by atoms with Gasteiger partial charge in [0.15, 0.2) is 0 Å². The minimum atomic E-state index is 0.858. The maximum atomic E-state index is 6.99. The van der Waals surface area contributed by atoms with Crippen LogP contribution in [0, 0.1) is 0 Å². The van der Waals surface area contributed by atoms with Gasteiger partial charge in [0.25, 0.3) is 0 Å². The van der Waals surface area contributed by atoms with Crippen molar-refractivity contribution < 1.29 is 4.42 Å². The van der Waals surface area contributed by atoms with Gasteiger partial charge in [-0.15, -0.1) is 0 Å². The molecule has 1 aromatic heterocycles. The van der Waals surface area contributed by atoms with Crippen molar-refractivity contribution in [3.63, 3.8) is 0 Å². The van der Waals surface area contributed by atoms with Gasteiger partial charge in [-0.1, -0.05) is 188 Å². The fourth-order valence-corrected chi connectivity index (χ4v) is 9.58. The average molecular weight is 790 g/mol. The molecule has 0 aliphatic heterocycles. The number of para-hydroxylation sites is 2. The van der Waals surface area contributed by atoms with Crippen LogP contribution in [0.1, 0.15) is 0 Å². The summed E-state index contributed by atoms with van der Waals surface area (Å²) in [6.07, 6.45) is 0. The van der Waals surface area contributed by atoms with Crippen molar-refractivity contribution in [3.05, 3.63) is 237 Å². The van der Waals surface area contributed by atoms with E-state index in [-0.39, 0.29) is 0 Å². The molecule has 0 unspecified atom stereocenters. The largest absolute Gasteiger partial charge is 0.455 e. The molecule has 0 fully saturated rings. The molecule has 0 N–H and O–H groups in total. The quantitative estimate of drug-likeness (QED) is 0.150. The summed E-state index contributed by atoms with van der Waals surface area (Å²) in [7, 11) is 0. The molecule has 11 aromatic carbocycles. The highest BCUT2D eigenvalue weighted by atomic mass is 16.3. The Balaban J connectivity index is 1.15. The summed E-state index contributed by atoms with van der Waals surface area (Å²) in [6, 6.07) is 85.5. The zero-order chi connectivity index (χ0) is 41.0. The summed E-state index contributed by atoms with van der Waals surface area (Å²) < 4.78 is 6.99. The topological polar surface area (TPSA) is 16.4 Å². The number of nitrogens with zero attached hydrogens (tertiary/aromatic N) is 1. The Labute approximate surface area is 360 Å². The smallest absolute Gasteiger partial charge is 0.145 e. The van der Waals surface area contributed by atoms with Crippen LogP contribution >= 0.6 is 0 Å². The molecule has 290 valence electrons. The van der Waals surface area contributed by atoms with Crippen LogP contribution < -0.4 is 4.90 Å². The van der Waals surface area contributed by atoms with Gasteiger partial charge in [-0.2, -0.15) is 0 Å². The van der Waals surface area contributed by atoms with Crippen molar-refractivity contribution in [2.24, 2.45) is 0 Å². The second-order valence-electron chi connectivity index (χ2n) is 16.0. The summed E-state index contributed by atoms with van der Waals surface area (Å²) in [6.45, 7) is 0. The summed E-state index contributed by atoms with van der Waals surface area (Å²) >= 11 is 0. The monoisotopic (exact) mass is 789 g/mol. The lowest BCUT2D eigenvalue weighted by atomic mass is 9.91. The van der Waals surface area contributed by atoms with Crippen LogP contribution in [0.3, 0.4) is 0 Å². The molecule has 1 heterocycles. The van der Waals surface area contributed by atoms with Crippen LogP contribution in [0.25, 0.3) is 98.8 Å². The van der Waals surface area contributed by atoms with Gasteiger partial charge in [0.1, 0.15) is 11.2 Å². The first-order chi connectivity index (χ1) is 30.8. The second kappa shape index (κ2) is 14.8. The highest BCUT2D eigenvalue weighted by molar-refractivity contribution is 6.20. The summed E-state index contributed by atoms with van der Waals surface area (Å²) in [5.74, 6) is 0. The maximum absolute atomic E-state index is 6.99. The Morgan fingerprint density at radius 3 is 1.73 bits per heavy atom. The van der Waals surface area contributed by atoms with Gasteiger partial charge >= 0.3 is 0 Å². The third-order valence-corrected chi connectivity index (χ3v) is 12.4. The standard InChI is InChI=1S/C60H39NO/c1-2-17-40(18-3-1)42-22-14-23-43(37-42)44-24-15-25-46(38-44)61(56-33-12-10-30-52(56)55-39-45-20-5-7-27-48(45)49-28-8-9-29-51(49)55)57-36-35-53(50-32-16-21-41-19-4-6-26-47(41)50)60-59(57)54-31-11-13-34-58(54)62-60/h1-39H. The first-order valence-corrected chi connectivity index (χ1v) is 21.3. The van der Waals surface area contributed by atoms with Crippen LogP contribution in [0.15, 0.2) is 241 Å². The van der Waals surface area contributed by atoms with Crippen LogP contribution in [0.2, 0.25) is 0 Å². The molecule has 0 atom stereocenters. The first kappa shape index (κ1) is 35.7. The van der Waals surface area contributed by atoms with Crippen molar-refractivity contribution in [1.29, 1.82) is 0 Å². The van der Waals surface area contributed by atoms with Crippen molar-refractivity contribution in [2.45, 2.75) is 0 Å². The highest BCUT2D eigenvalue weighted by Crippen LogP contribution is 2.50. The molecule has 0 amide bonds. The summed E-state index contributed by atoms with van der Waals surface area (Å²) in [4.78, 5) is 2.46. The molecule has 2 heteroatoms. The van der Waals surface area contributed by atoms with E-state index in [1.807, 2.05) is 0 Å². The predicted molar refractivity (Wildman–Crippen MR) is 263 cm³/mol. The molecule has 12 rings (SSSR count). The number of hydrogen-bond donors (Lipinski definition) is 0. The minimum absolute atomic E-state index is 0.858. The van der Waals surface area contributed by atoms with Crippen LogP contribution in [-0.4, -0.2) is 0 Å². The number of hydrogen-bond acceptors (Lipinski definition) is 2. The van der Waals surface area contributed by atoms with Crippen molar-refractivity contribution in [3.8, 4) is 44.5 Å². The number of benzene rings is 11. The molecule has 0 bridgehead atoms. The third-order valence-electron chi connectivity index (χ3n) is 12.4. The highest BCUT2D eigenvalue weighted by Gasteiger charge is 2.25. The van der Waals surface area contributed by atoms with Crippen LogP contribution in [0.4, 0.5) is 17.1 Å². The number of fused-ring (bicyclic) bond motifs is 7. The van der Waals surface area contributed by atoms with E-state index < -0.39 is 0 Å². The Hall–Kier alpha value is -8.20. The molecular weight excluding hydrogens is 751 g/mol. The average Bonchev–Trinajstić information content (AvgIpc) is 3.75. The van der Waals surface area contributed by atoms with Crippen molar-refractivity contribution >= 4 is 71.3 Å². The van der Waals surface area contributed by atoms with Gasteiger partial charge in [0.05, 0.1) is 16.8 Å². The molecule has 0 radical (unpaired) electrons.